The van der Waals surface area contributed by atoms with Gasteiger partial charge in [0.15, 0.2) is 5.82 Å². The van der Waals surface area contributed by atoms with Gasteiger partial charge in [0.25, 0.3) is 0 Å². The Bertz CT molecular complexity index is 402. The van der Waals surface area contributed by atoms with Gasteiger partial charge in [0.05, 0.1) is 11.9 Å². The SMILES string of the molecule is Cc1nc(S(C)(=O)=O)ncc1F. The molecule has 0 bridgehead atoms. The van der Waals surface area contributed by atoms with Gasteiger partial charge >= 0.3 is 0 Å². The Labute approximate surface area is 69.4 Å². The molecule has 1 aromatic rings. The van der Waals surface area contributed by atoms with Gasteiger partial charge in [0, 0.05) is 6.26 Å². The molecule has 0 N–H and O–H groups in total. The predicted octanol–water partition coefficient (Wildman–Crippen LogP) is 0.328. The second-order valence-electron chi connectivity index (χ2n) is 2.36. The van der Waals surface area contributed by atoms with Crippen molar-refractivity contribution in [2.45, 2.75) is 12.1 Å². The highest BCUT2D eigenvalue weighted by Gasteiger charge is 2.12. The van der Waals surface area contributed by atoms with Gasteiger partial charge in [-0.25, -0.2) is 22.8 Å². The summed E-state index contributed by atoms with van der Waals surface area (Å²) in [5.41, 5.74) is 0.0328. The first-order valence-corrected chi connectivity index (χ1v) is 4.99. The summed E-state index contributed by atoms with van der Waals surface area (Å²) in [5.74, 6) is -0.609. The predicted molar refractivity (Wildman–Crippen MR) is 39.8 cm³/mol. The van der Waals surface area contributed by atoms with Crippen molar-refractivity contribution < 1.29 is 12.8 Å². The molecule has 0 unspecified atom stereocenters. The molecule has 0 saturated heterocycles. The lowest BCUT2D eigenvalue weighted by molar-refractivity contribution is 0.573. The van der Waals surface area contributed by atoms with Crippen molar-refractivity contribution in [3.05, 3.63) is 17.7 Å². The van der Waals surface area contributed by atoms with E-state index >= 15 is 0 Å². The van der Waals surface area contributed by atoms with Gasteiger partial charge in [0.2, 0.25) is 15.0 Å². The van der Waals surface area contributed by atoms with Crippen molar-refractivity contribution in [1.29, 1.82) is 0 Å². The molecule has 12 heavy (non-hydrogen) atoms. The fourth-order valence-electron chi connectivity index (χ4n) is 0.610. The van der Waals surface area contributed by atoms with E-state index in [-0.39, 0.29) is 10.9 Å². The third-order valence-corrected chi connectivity index (χ3v) is 2.09. The summed E-state index contributed by atoms with van der Waals surface area (Å²) >= 11 is 0. The number of halogens is 1. The molecule has 0 aliphatic heterocycles. The summed E-state index contributed by atoms with van der Waals surface area (Å²) in [5, 5.41) is -0.346. The monoisotopic (exact) mass is 190 g/mol. The van der Waals surface area contributed by atoms with Crippen LogP contribution in [0.3, 0.4) is 0 Å². The molecule has 0 amide bonds. The normalized spacial score (nSPS) is 11.6. The number of aromatic nitrogens is 2. The number of nitrogens with zero attached hydrogens (tertiary/aromatic N) is 2. The molecule has 0 aliphatic carbocycles. The van der Waals surface area contributed by atoms with E-state index in [4.69, 9.17) is 0 Å². The Balaban J connectivity index is 3.33. The fraction of sp³-hybridized carbons (Fsp3) is 0.333. The van der Waals surface area contributed by atoms with Crippen LogP contribution >= 0.6 is 0 Å². The largest absolute Gasteiger partial charge is 0.247 e. The number of hydrogen-bond donors (Lipinski definition) is 0. The maximum Gasteiger partial charge on any atom is 0.247 e. The Kier molecular flexibility index (Phi) is 2.10. The molecule has 0 aliphatic rings. The van der Waals surface area contributed by atoms with E-state index in [0.29, 0.717) is 0 Å². The highest BCUT2D eigenvalue weighted by Crippen LogP contribution is 2.05. The van der Waals surface area contributed by atoms with Crippen LogP contribution in [-0.4, -0.2) is 24.6 Å². The van der Waals surface area contributed by atoms with Gasteiger partial charge in [-0.15, -0.1) is 0 Å². The average Bonchev–Trinajstić information content (AvgIpc) is 1.92. The first kappa shape index (κ1) is 9.05. The van der Waals surface area contributed by atoms with Crippen LogP contribution in [0.5, 0.6) is 0 Å². The molecule has 0 aromatic carbocycles. The molecule has 66 valence electrons. The van der Waals surface area contributed by atoms with Crippen LogP contribution in [0.25, 0.3) is 0 Å². The lowest BCUT2D eigenvalue weighted by atomic mass is 10.4. The minimum Gasteiger partial charge on any atom is -0.224 e. The molecule has 0 radical (unpaired) electrons. The van der Waals surface area contributed by atoms with Gasteiger partial charge in [-0.3, -0.25) is 0 Å². The molecule has 4 nitrogen and oxygen atoms in total. The zero-order chi connectivity index (χ0) is 9.35. The van der Waals surface area contributed by atoms with Crippen LogP contribution in [-0.2, 0) is 9.84 Å². The van der Waals surface area contributed by atoms with Crippen molar-refractivity contribution in [3.63, 3.8) is 0 Å². The van der Waals surface area contributed by atoms with Crippen LogP contribution in [0.2, 0.25) is 0 Å². The molecule has 1 aromatic heterocycles. The first-order chi connectivity index (χ1) is 5.41. The van der Waals surface area contributed by atoms with Crippen LogP contribution in [0.1, 0.15) is 5.69 Å². The van der Waals surface area contributed by atoms with Crippen LogP contribution in [0, 0.1) is 12.7 Å². The standard InChI is InChI=1S/C6H7FN2O2S/c1-4-5(7)3-8-6(9-4)12(2,10)11/h3H,1-2H3. The summed E-state index contributed by atoms with van der Waals surface area (Å²) in [4.78, 5) is 6.81. The van der Waals surface area contributed by atoms with Crippen molar-refractivity contribution >= 4 is 9.84 Å². The van der Waals surface area contributed by atoms with Crippen molar-refractivity contribution in [2.24, 2.45) is 0 Å². The van der Waals surface area contributed by atoms with Crippen LogP contribution in [0.4, 0.5) is 4.39 Å². The smallest absolute Gasteiger partial charge is 0.224 e. The van der Waals surface area contributed by atoms with Crippen LogP contribution < -0.4 is 0 Å². The topological polar surface area (TPSA) is 59.9 Å². The molecular formula is C6H7FN2O2S. The third-order valence-electron chi connectivity index (χ3n) is 1.23. The Morgan fingerprint density at radius 1 is 1.50 bits per heavy atom. The van der Waals surface area contributed by atoms with E-state index in [1.165, 1.54) is 6.92 Å². The number of aryl methyl sites for hydroxylation is 1. The summed E-state index contributed by atoms with van der Waals surface area (Å²) in [6, 6.07) is 0. The molecule has 0 fully saturated rings. The lowest BCUT2D eigenvalue weighted by Gasteiger charge is -1.97. The number of sulfone groups is 1. The van der Waals surface area contributed by atoms with E-state index < -0.39 is 15.7 Å². The minimum absolute atomic E-state index is 0.0328. The Morgan fingerprint density at radius 2 is 2.08 bits per heavy atom. The second kappa shape index (κ2) is 2.78. The minimum atomic E-state index is -3.43. The van der Waals surface area contributed by atoms with Gasteiger partial charge in [0.1, 0.15) is 0 Å². The zero-order valence-corrected chi connectivity index (χ0v) is 7.39. The fourth-order valence-corrected chi connectivity index (χ4v) is 1.16. The van der Waals surface area contributed by atoms with Gasteiger partial charge in [-0.1, -0.05) is 0 Å². The second-order valence-corrected chi connectivity index (χ2v) is 4.27. The Hall–Kier alpha value is -1.04. The molecule has 0 spiro atoms. The van der Waals surface area contributed by atoms with E-state index in [9.17, 15) is 12.8 Å². The van der Waals surface area contributed by atoms with Gasteiger partial charge < -0.3 is 0 Å². The first-order valence-electron chi connectivity index (χ1n) is 3.10. The highest BCUT2D eigenvalue weighted by atomic mass is 32.2. The maximum atomic E-state index is 12.6. The molecular weight excluding hydrogens is 183 g/mol. The number of rotatable bonds is 1. The van der Waals surface area contributed by atoms with Crippen molar-refractivity contribution in [2.75, 3.05) is 6.26 Å². The lowest BCUT2D eigenvalue weighted by Crippen LogP contribution is -2.05. The molecule has 0 atom stereocenters. The number of hydrogen-bond acceptors (Lipinski definition) is 4. The maximum absolute atomic E-state index is 12.6. The quantitative estimate of drug-likeness (QED) is 0.599. The molecule has 6 heteroatoms. The third kappa shape index (κ3) is 1.76. The summed E-state index contributed by atoms with van der Waals surface area (Å²) in [7, 11) is -3.43. The zero-order valence-electron chi connectivity index (χ0n) is 6.57. The average molecular weight is 190 g/mol. The summed E-state index contributed by atoms with van der Waals surface area (Å²) in [6.07, 6.45) is 1.82. The molecule has 1 heterocycles. The van der Waals surface area contributed by atoms with Gasteiger partial charge in [-0.2, -0.15) is 0 Å². The van der Waals surface area contributed by atoms with E-state index in [0.717, 1.165) is 12.5 Å². The Morgan fingerprint density at radius 3 is 2.50 bits per heavy atom. The van der Waals surface area contributed by atoms with E-state index in [1.807, 2.05) is 0 Å². The highest BCUT2D eigenvalue weighted by molar-refractivity contribution is 7.90. The van der Waals surface area contributed by atoms with Crippen molar-refractivity contribution in [3.8, 4) is 0 Å². The van der Waals surface area contributed by atoms with E-state index in [1.54, 1.807) is 0 Å². The molecule has 0 saturated carbocycles. The van der Waals surface area contributed by atoms with Gasteiger partial charge in [-0.05, 0) is 6.92 Å². The summed E-state index contributed by atoms with van der Waals surface area (Å²) < 4.78 is 34.3. The van der Waals surface area contributed by atoms with Crippen LogP contribution in [0.15, 0.2) is 11.4 Å². The summed E-state index contributed by atoms with van der Waals surface area (Å²) in [6.45, 7) is 1.38. The van der Waals surface area contributed by atoms with Crippen molar-refractivity contribution in [1.82, 2.24) is 9.97 Å². The molecule has 1 rings (SSSR count). The van der Waals surface area contributed by atoms with E-state index in [2.05, 4.69) is 9.97 Å².